The van der Waals surface area contributed by atoms with E-state index in [2.05, 4.69) is 36.3 Å². The summed E-state index contributed by atoms with van der Waals surface area (Å²) in [7, 11) is 1.70. The standard InChI is InChI=1S/C15H20N2OS/c1-4-5-17-15(12-6-11(2)8-16-9-12)14-7-13(18-3)10-19-14/h6-10,15,17H,4-5H2,1-3H3. The molecule has 1 N–H and O–H groups in total. The maximum absolute atomic E-state index is 5.28. The molecule has 1 unspecified atom stereocenters. The Balaban J connectivity index is 2.29. The average molecular weight is 276 g/mol. The van der Waals surface area contributed by atoms with Crippen LogP contribution in [0.5, 0.6) is 5.75 Å². The number of thiophene rings is 1. The molecule has 2 aromatic rings. The molecule has 1 atom stereocenters. The number of nitrogens with one attached hydrogen (secondary N) is 1. The third-order valence-electron chi connectivity index (χ3n) is 2.94. The minimum Gasteiger partial charge on any atom is -0.496 e. The van der Waals surface area contributed by atoms with Crippen LogP contribution in [0.15, 0.2) is 29.9 Å². The molecule has 0 aliphatic heterocycles. The van der Waals surface area contributed by atoms with Gasteiger partial charge in [0, 0.05) is 22.7 Å². The third kappa shape index (κ3) is 3.55. The summed E-state index contributed by atoms with van der Waals surface area (Å²) in [5.41, 5.74) is 2.39. The summed E-state index contributed by atoms with van der Waals surface area (Å²) in [6.07, 6.45) is 4.93. The van der Waals surface area contributed by atoms with E-state index in [4.69, 9.17) is 4.74 Å². The van der Waals surface area contributed by atoms with Crippen molar-refractivity contribution in [2.45, 2.75) is 26.3 Å². The second-order valence-corrected chi connectivity index (χ2v) is 5.51. The van der Waals surface area contributed by atoms with Crippen LogP contribution in [-0.4, -0.2) is 18.6 Å². The zero-order chi connectivity index (χ0) is 13.7. The van der Waals surface area contributed by atoms with Crippen molar-refractivity contribution in [1.82, 2.24) is 10.3 Å². The highest BCUT2D eigenvalue weighted by molar-refractivity contribution is 7.10. The number of hydrogen-bond donors (Lipinski definition) is 1. The summed E-state index contributed by atoms with van der Waals surface area (Å²) in [5.74, 6) is 0.920. The van der Waals surface area contributed by atoms with Crippen molar-refractivity contribution >= 4 is 11.3 Å². The van der Waals surface area contributed by atoms with Crippen molar-refractivity contribution in [3.05, 3.63) is 45.9 Å². The van der Waals surface area contributed by atoms with Gasteiger partial charge in [0.15, 0.2) is 0 Å². The third-order valence-corrected chi connectivity index (χ3v) is 3.92. The largest absolute Gasteiger partial charge is 0.496 e. The number of ether oxygens (including phenoxy) is 1. The second kappa shape index (κ2) is 6.68. The summed E-state index contributed by atoms with van der Waals surface area (Å²) in [6.45, 7) is 5.23. The van der Waals surface area contributed by atoms with Gasteiger partial charge in [0.25, 0.3) is 0 Å². The molecule has 0 spiro atoms. The van der Waals surface area contributed by atoms with Crippen LogP contribution in [0.2, 0.25) is 0 Å². The topological polar surface area (TPSA) is 34.2 Å². The quantitative estimate of drug-likeness (QED) is 0.876. The Morgan fingerprint density at radius 2 is 2.21 bits per heavy atom. The Morgan fingerprint density at radius 1 is 1.37 bits per heavy atom. The van der Waals surface area contributed by atoms with Crippen LogP contribution >= 0.6 is 11.3 Å². The van der Waals surface area contributed by atoms with E-state index in [1.165, 1.54) is 16.0 Å². The number of nitrogens with zero attached hydrogens (tertiary/aromatic N) is 1. The highest BCUT2D eigenvalue weighted by atomic mass is 32.1. The fourth-order valence-electron chi connectivity index (χ4n) is 2.00. The molecule has 0 saturated heterocycles. The van der Waals surface area contributed by atoms with Gasteiger partial charge in [-0.15, -0.1) is 11.3 Å². The first-order valence-electron chi connectivity index (χ1n) is 6.52. The Labute approximate surface area is 118 Å². The zero-order valence-electron chi connectivity index (χ0n) is 11.6. The highest BCUT2D eigenvalue weighted by Crippen LogP contribution is 2.31. The Morgan fingerprint density at radius 3 is 2.84 bits per heavy atom. The minimum atomic E-state index is 0.196. The molecular weight excluding hydrogens is 256 g/mol. The molecule has 2 heterocycles. The molecule has 0 aromatic carbocycles. The van der Waals surface area contributed by atoms with E-state index in [9.17, 15) is 0 Å². The molecule has 0 fully saturated rings. The molecule has 0 aliphatic rings. The van der Waals surface area contributed by atoms with E-state index < -0.39 is 0 Å². The fraction of sp³-hybridized carbons (Fsp3) is 0.400. The SMILES string of the molecule is CCCNC(c1cncc(C)c1)c1cc(OC)cs1. The van der Waals surface area contributed by atoms with Gasteiger partial charge in [-0.25, -0.2) is 0 Å². The summed E-state index contributed by atoms with van der Waals surface area (Å²) in [4.78, 5) is 5.56. The molecule has 0 bridgehead atoms. The van der Waals surface area contributed by atoms with Gasteiger partial charge in [-0.2, -0.15) is 0 Å². The average Bonchev–Trinajstić information content (AvgIpc) is 2.88. The van der Waals surface area contributed by atoms with E-state index in [1.54, 1.807) is 18.4 Å². The maximum Gasteiger partial charge on any atom is 0.129 e. The number of aromatic nitrogens is 1. The molecule has 0 radical (unpaired) electrons. The molecule has 0 amide bonds. The fourth-order valence-corrected chi connectivity index (χ4v) is 2.96. The predicted octanol–water partition coefficient (Wildman–Crippen LogP) is 3.55. The summed E-state index contributed by atoms with van der Waals surface area (Å²) in [6, 6.07) is 4.48. The van der Waals surface area contributed by atoms with E-state index >= 15 is 0 Å². The Kier molecular flexibility index (Phi) is 4.93. The van der Waals surface area contributed by atoms with Crippen molar-refractivity contribution < 1.29 is 4.74 Å². The molecule has 19 heavy (non-hydrogen) atoms. The molecule has 3 nitrogen and oxygen atoms in total. The molecular formula is C15H20N2OS. The Bertz CT molecular complexity index is 524. The van der Waals surface area contributed by atoms with Crippen LogP contribution in [0.3, 0.4) is 0 Å². The van der Waals surface area contributed by atoms with Crippen molar-refractivity contribution in [2.24, 2.45) is 0 Å². The monoisotopic (exact) mass is 276 g/mol. The van der Waals surface area contributed by atoms with E-state index in [0.717, 1.165) is 18.7 Å². The van der Waals surface area contributed by atoms with Crippen molar-refractivity contribution in [1.29, 1.82) is 0 Å². The van der Waals surface area contributed by atoms with Gasteiger partial charge in [-0.1, -0.05) is 13.0 Å². The summed E-state index contributed by atoms with van der Waals surface area (Å²) < 4.78 is 5.28. The molecule has 0 saturated carbocycles. The lowest BCUT2D eigenvalue weighted by atomic mass is 10.1. The van der Waals surface area contributed by atoms with Crippen LogP contribution in [0, 0.1) is 6.92 Å². The summed E-state index contributed by atoms with van der Waals surface area (Å²) >= 11 is 1.72. The lowest BCUT2D eigenvalue weighted by molar-refractivity contribution is 0.416. The van der Waals surface area contributed by atoms with Gasteiger partial charge >= 0.3 is 0 Å². The number of pyridine rings is 1. The first-order valence-corrected chi connectivity index (χ1v) is 7.40. The van der Waals surface area contributed by atoms with Crippen LogP contribution in [0.1, 0.15) is 35.4 Å². The van der Waals surface area contributed by atoms with Gasteiger partial charge in [0.05, 0.1) is 13.2 Å². The van der Waals surface area contributed by atoms with E-state index in [0.29, 0.717) is 0 Å². The first kappa shape index (κ1) is 14.0. The van der Waals surface area contributed by atoms with Gasteiger partial charge in [0.2, 0.25) is 0 Å². The Hall–Kier alpha value is -1.39. The molecule has 2 aromatic heterocycles. The number of aryl methyl sites for hydroxylation is 1. The molecule has 102 valence electrons. The zero-order valence-corrected chi connectivity index (χ0v) is 12.5. The van der Waals surface area contributed by atoms with Crippen molar-refractivity contribution in [2.75, 3.05) is 13.7 Å². The first-order chi connectivity index (χ1) is 9.24. The summed E-state index contributed by atoms with van der Waals surface area (Å²) in [5, 5.41) is 5.62. The number of hydrogen-bond acceptors (Lipinski definition) is 4. The molecule has 2 rings (SSSR count). The predicted molar refractivity (Wildman–Crippen MR) is 80.0 cm³/mol. The van der Waals surface area contributed by atoms with E-state index in [-0.39, 0.29) is 6.04 Å². The van der Waals surface area contributed by atoms with Gasteiger partial charge in [-0.3, -0.25) is 4.98 Å². The smallest absolute Gasteiger partial charge is 0.129 e. The lowest BCUT2D eigenvalue weighted by Gasteiger charge is -2.17. The van der Waals surface area contributed by atoms with Gasteiger partial charge in [-0.05, 0) is 37.1 Å². The molecule has 4 heteroatoms. The lowest BCUT2D eigenvalue weighted by Crippen LogP contribution is -2.22. The van der Waals surface area contributed by atoms with Crippen molar-refractivity contribution in [3.63, 3.8) is 0 Å². The van der Waals surface area contributed by atoms with Crippen LogP contribution < -0.4 is 10.1 Å². The van der Waals surface area contributed by atoms with Crippen LogP contribution in [0.25, 0.3) is 0 Å². The number of methoxy groups -OCH3 is 1. The van der Waals surface area contributed by atoms with Crippen LogP contribution in [0.4, 0.5) is 0 Å². The normalized spacial score (nSPS) is 12.4. The van der Waals surface area contributed by atoms with E-state index in [1.807, 2.05) is 17.8 Å². The highest BCUT2D eigenvalue weighted by Gasteiger charge is 2.16. The van der Waals surface area contributed by atoms with Gasteiger partial charge < -0.3 is 10.1 Å². The van der Waals surface area contributed by atoms with Crippen molar-refractivity contribution in [3.8, 4) is 5.75 Å². The minimum absolute atomic E-state index is 0.196. The second-order valence-electron chi connectivity index (χ2n) is 4.57. The molecule has 0 aliphatic carbocycles. The number of rotatable bonds is 6. The van der Waals surface area contributed by atoms with Gasteiger partial charge in [0.1, 0.15) is 5.75 Å². The van der Waals surface area contributed by atoms with Crippen LogP contribution in [-0.2, 0) is 0 Å². The maximum atomic E-state index is 5.28.